The molecule has 3 nitrogen and oxygen atoms in total. The van der Waals surface area contributed by atoms with E-state index in [1.807, 2.05) is 37.7 Å². The lowest BCUT2D eigenvalue weighted by atomic mass is 9.84. The Hall–Kier alpha value is -4.08. The number of hydrogen-bond acceptors (Lipinski definition) is 4. The molecule has 1 aliphatic carbocycles. The van der Waals surface area contributed by atoms with Crippen LogP contribution in [0, 0.1) is 42.9 Å². The molecule has 0 atom stereocenters. The van der Waals surface area contributed by atoms with Crippen LogP contribution < -0.4 is 9.80 Å². The van der Waals surface area contributed by atoms with Crippen LogP contribution in [0.1, 0.15) is 92.3 Å². The Morgan fingerprint density at radius 1 is 0.811 bits per heavy atom. The van der Waals surface area contributed by atoms with Crippen LogP contribution in [-0.4, -0.2) is 24.9 Å². The third-order valence-corrected chi connectivity index (χ3v) is 10.5. The first kappa shape index (κ1) is 41.7. The molecule has 0 aliphatic heterocycles. The van der Waals surface area contributed by atoms with Crippen LogP contribution in [0.15, 0.2) is 78.3 Å². The Kier molecular flexibility index (Phi) is 14.0. The number of anilines is 2. The van der Waals surface area contributed by atoms with Gasteiger partial charge in [-0.3, -0.25) is 0 Å². The fraction of sp³-hybridized carbons (Fsp3) is 0.364. The number of hydrogen-bond donors (Lipinski definition) is 0. The first-order valence-corrected chi connectivity index (χ1v) is 18.9. The number of benzene rings is 4. The maximum Gasteiger partial charge on any atom is 0.176 e. The molecule has 0 saturated heterocycles. The third kappa shape index (κ3) is 10.1. The topological polar surface area (TPSA) is 9.72 Å². The van der Waals surface area contributed by atoms with E-state index in [-0.39, 0.29) is 29.6 Å². The fourth-order valence-electron chi connectivity index (χ4n) is 5.99. The highest BCUT2D eigenvalue weighted by Crippen LogP contribution is 2.42. The third-order valence-electron chi connectivity index (χ3n) is 9.43. The van der Waals surface area contributed by atoms with E-state index in [1.165, 1.54) is 56.0 Å². The van der Waals surface area contributed by atoms with Gasteiger partial charge < -0.3 is 9.80 Å². The first-order chi connectivity index (χ1) is 25.1. The highest BCUT2D eigenvalue weighted by molar-refractivity contribution is 7.97. The van der Waals surface area contributed by atoms with Crippen LogP contribution in [0.3, 0.4) is 0 Å². The van der Waals surface area contributed by atoms with Gasteiger partial charge in [-0.1, -0.05) is 89.7 Å². The van der Waals surface area contributed by atoms with E-state index in [9.17, 15) is 8.78 Å². The second-order valence-electron chi connectivity index (χ2n) is 14.4. The summed E-state index contributed by atoms with van der Waals surface area (Å²) in [5.74, 6) is -3.53. The lowest BCUT2D eigenvalue weighted by Gasteiger charge is -2.28. The number of halogens is 5. The molecule has 284 valence electrons. The zero-order chi connectivity index (χ0) is 39.2. The van der Waals surface area contributed by atoms with Gasteiger partial charge in [-0.25, -0.2) is 26.3 Å². The molecule has 0 aromatic heterocycles. The lowest BCUT2D eigenvalue weighted by Crippen LogP contribution is -2.22. The highest BCUT2D eigenvalue weighted by Gasteiger charge is 2.27. The average molecular weight is 750 g/mol. The summed E-state index contributed by atoms with van der Waals surface area (Å²) >= 11 is 0.693. The molecule has 9 heteroatoms. The molecule has 1 saturated carbocycles. The van der Waals surface area contributed by atoms with Crippen molar-refractivity contribution in [2.75, 3.05) is 30.4 Å². The van der Waals surface area contributed by atoms with E-state index < -0.39 is 34.0 Å². The van der Waals surface area contributed by atoms with Crippen molar-refractivity contribution < 1.29 is 22.0 Å². The van der Waals surface area contributed by atoms with E-state index in [4.69, 9.17) is 0 Å². The molecule has 1 aliphatic rings. The van der Waals surface area contributed by atoms with E-state index in [1.54, 1.807) is 40.8 Å². The van der Waals surface area contributed by atoms with E-state index in [2.05, 4.69) is 45.5 Å². The zero-order valence-corrected chi connectivity index (χ0v) is 33.2. The van der Waals surface area contributed by atoms with E-state index >= 15 is 13.2 Å². The largest absolute Gasteiger partial charge is 0.368 e. The van der Waals surface area contributed by atoms with Crippen molar-refractivity contribution in [3.05, 3.63) is 141 Å². The summed E-state index contributed by atoms with van der Waals surface area (Å²) < 4.78 is 76.6. The molecule has 0 unspecified atom stereocenters. The van der Waals surface area contributed by atoms with Crippen LogP contribution in [0.2, 0.25) is 0 Å². The van der Waals surface area contributed by atoms with Gasteiger partial charge in [0.05, 0.1) is 16.3 Å². The molecule has 0 heterocycles. The molecule has 0 N–H and O–H groups in total. The quantitative estimate of drug-likeness (QED) is 0.0765. The Balaban J connectivity index is 0.00000308. The smallest absolute Gasteiger partial charge is 0.176 e. The van der Waals surface area contributed by atoms with Gasteiger partial charge in [-0.05, 0) is 96.0 Å². The average Bonchev–Trinajstić information content (AvgIpc) is 3.99. The van der Waals surface area contributed by atoms with Crippen molar-refractivity contribution in [1.82, 2.24) is 4.31 Å². The van der Waals surface area contributed by atoms with Gasteiger partial charge in [0.15, 0.2) is 11.6 Å². The molecule has 0 radical (unpaired) electrons. The van der Waals surface area contributed by atoms with Crippen molar-refractivity contribution >= 4 is 29.4 Å². The minimum Gasteiger partial charge on any atom is -0.368 e. The minimum atomic E-state index is -1.28. The molecule has 4 aromatic carbocycles. The Labute approximate surface area is 317 Å². The normalized spacial score (nSPS) is 13.0. The molecule has 0 bridgehead atoms. The van der Waals surface area contributed by atoms with Gasteiger partial charge in [-0.2, -0.15) is 0 Å². The van der Waals surface area contributed by atoms with Crippen LogP contribution in [-0.2, 0) is 18.5 Å². The zero-order valence-electron chi connectivity index (χ0n) is 32.4. The van der Waals surface area contributed by atoms with Crippen molar-refractivity contribution in [3.63, 3.8) is 0 Å². The maximum absolute atomic E-state index is 15.3. The predicted octanol–water partition coefficient (Wildman–Crippen LogP) is 12.6. The Bertz CT molecular complexity index is 1920. The van der Waals surface area contributed by atoms with Crippen molar-refractivity contribution in [1.29, 1.82) is 0 Å². The summed E-state index contributed by atoms with van der Waals surface area (Å²) in [5.41, 5.74) is 5.68. The van der Waals surface area contributed by atoms with Crippen LogP contribution in [0.5, 0.6) is 0 Å². The molecular formula is C44H52F5N3S. The first-order valence-electron chi connectivity index (χ1n) is 18.1. The second-order valence-corrected chi connectivity index (χ2v) is 15.5. The van der Waals surface area contributed by atoms with Crippen molar-refractivity contribution in [2.24, 2.45) is 0 Å². The summed E-state index contributed by atoms with van der Waals surface area (Å²) in [6.45, 7) is 17.8. The van der Waals surface area contributed by atoms with Gasteiger partial charge in [0.2, 0.25) is 0 Å². The summed E-state index contributed by atoms with van der Waals surface area (Å²) in [6.07, 6.45) is 7.38. The van der Waals surface area contributed by atoms with Crippen LogP contribution >= 0.6 is 11.9 Å². The Morgan fingerprint density at radius 2 is 1.47 bits per heavy atom. The van der Waals surface area contributed by atoms with Gasteiger partial charge in [0.1, 0.15) is 17.5 Å². The monoisotopic (exact) mass is 749 g/mol. The summed E-state index contributed by atoms with van der Waals surface area (Å²) in [4.78, 5) is 3.36. The van der Waals surface area contributed by atoms with Gasteiger partial charge >= 0.3 is 0 Å². The van der Waals surface area contributed by atoms with Crippen LogP contribution in [0.25, 0.3) is 6.08 Å². The highest BCUT2D eigenvalue weighted by atomic mass is 32.2. The summed E-state index contributed by atoms with van der Waals surface area (Å²) in [5, 5.41) is 0. The molecular weight excluding hydrogens is 698 g/mol. The van der Waals surface area contributed by atoms with Crippen LogP contribution in [0.4, 0.5) is 33.3 Å². The van der Waals surface area contributed by atoms with Crippen molar-refractivity contribution in [3.8, 4) is 0 Å². The maximum atomic E-state index is 15.3. The lowest BCUT2D eigenvalue weighted by molar-refractivity contribution is 0.449. The molecule has 5 rings (SSSR count). The number of rotatable bonds is 13. The predicted molar refractivity (Wildman–Crippen MR) is 213 cm³/mol. The molecule has 1 fully saturated rings. The fourth-order valence-corrected chi connectivity index (χ4v) is 7.01. The number of nitrogens with zero attached hydrogens (tertiary/aromatic N) is 3. The Morgan fingerprint density at radius 3 is 2.09 bits per heavy atom. The summed E-state index contributed by atoms with van der Waals surface area (Å²) in [7, 11) is 3.76. The standard InChI is InChI=1S/C42H46F5N3S.C2H6/c1-9-29-22-36(37(23-35(29)44)49(8)24-28-19-32(30-15-16-30)21-33(20-28)42(4,5)6)48(7)17-12-18-50(25-31-13-10-11-14-34(31)43)51-41-39(46)27(3)26(2)38(45)40(41)47;1-2/h9-14,17,19-23,30H,1,15-16,18,24-25H2,2-8H3;1-2H3/b17-12+;. The summed E-state index contributed by atoms with van der Waals surface area (Å²) in [6, 6.07) is 16.2. The molecule has 4 aromatic rings. The van der Waals surface area contributed by atoms with E-state index in [0.29, 0.717) is 46.9 Å². The SMILES string of the molecule is C=Cc1cc(N(C)/C=C/CN(Cc2ccccc2F)Sc2c(F)c(C)c(C)c(F)c2F)c(N(C)Cc2cc(C3CC3)cc(C(C)(C)C)c2)cc1F.CC. The van der Waals surface area contributed by atoms with Gasteiger partial charge in [0.25, 0.3) is 0 Å². The van der Waals surface area contributed by atoms with E-state index in [0.717, 1.165) is 5.56 Å². The minimum absolute atomic E-state index is 0.0115. The second kappa shape index (κ2) is 17.8. The van der Waals surface area contributed by atoms with Gasteiger partial charge in [0, 0.05) is 51.1 Å². The van der Waals surface area contributed by atoms with Gasteiger partial charge in [-0.15, -0.1) is 0 Å². The molecule has 0 spiro atoms. The molecule has 53 heavy (non-hydrogen) atoms. The van der Waals surface area contributed by atoms with Crippen molar-refractivity contribution in [2.45, 2.75) is 90.6 Å². The molecule has 0 amide bonds.